The second-order valence-corrected chi connectivity index (χ2v) is 5.37. The van der Waals surface area contributed by atoms with Gasteiger partial charge in [0.25, 0.3) is 0 Å². The molecule has 0 radical (unpaired) electrons. The molecule has 1 atom stereocenters. The van der Waals surface area contributed by atoms with E-state index in [4.69, 9.17) is 4.74 Å². The highest BCUT2D eigenvalue weighted by atomic mass is 32.2. The van der Waals surface area contributed by atoms with E-state index in [0.29, 0.717) is 6.04 Å². The molecule has 98 valence electrons. The Morgan fingerprint density at radius 2 is 2.39 bits per heavy atom. The van der Waals surface area contributed by atoms with E-state index in [9.17, 15) is 4.39 Å². The Kier molecular flexibility index (Phi) is 5.08. The van der Waals surface area contributed by atoms with Crippen LogP contribution in [0.3, 0.4) is 0 Å². The molecular formula is C14H18FNOS. The first-order chi connectivity index (χ1) is 8.79. The zero-order valence-electron chi connectivity index (χ0n) is 10.5. The minimum absolute atomic E-state index is 0.179. The van der Waals surface area contributed by atoms with Crippen molar-refractivity contribution in [1.82, 2.24) is 5.32 Å². The molecule has 0 fully saturated rings. The van der Waals surface area contributed by atoms with Gasteiger partial charge in [-0.3, -0.25) is 0 Å². The zero-order chi connectivity index (χ0) is 12.8. The highest BCUT2D eigenvalue weighted by Crippen LogP contribution is 2.24. The number of thioether (sulfide) groups is 1. The van der Waals surface area contributed by atoms with Crippen LogP contribution in [0.2, 0.25) is 0 Å². The summed E-state index contributed by atoms with van der Waals surface area (Å²) in [7, 11) is 1.95. The van der Waals surface area contributed by atoms with Gasteiger partial charge in [0.1, 0.15) is 5.82 Å². The predicted octanol–water partition coefficient (Wildman–Crippen LogP) is 3.20. The Bertz CT molecular complexity index is 422. The largest absolute Gasteiger partial charge is 0.501 e. The summed E-state index contributed by atoms with van der Waals surface area (Å²) in [6.45, 7) is 0.816. The van der Waals surface area contributed by atoms with E-state index in [1.165, 1.54) is 11.6 Å². The van der Waals surface area contributed by atoms with Gasteiger partial charge in [-0.1, -0.05) is 6.07 Å². The maximum absolute atomic E-state index is 13.1. The second-order valence-electron chi connectivity index (χ2n) is 4.28. The van der Waals surface area contributed by atoms with E-state index in [0.717, 1.165) is 30.1 Å². The fourth-order valence-electron chi connectivity index (χ4n) is 1.95. The summed E-state index contributed by atoms with van der Waals surface area (Å²) in [5.74, 6) is 0.705. The molecule has 1 heterocycles. The van der Waals surface area contributed by atoms with Crippen molar-refractivity contribution >= 4 is 11.8 Å². The highest BCUT2D eigenvalue weighted by Gasteiger charge is 2.15. The summed E-state index contributed by atoms with van der Waals surface area (Å²) in [5.41, 5.74) is 1.30. The second kappa shape index (κ2) is 6.81. The minimum Gasteiger partial charge on any atom is -0.501 e. The molecule has 1 aromatic rings. The smallest absolute Gasteiger partial charge is 0.124 e. The molecule has 0 spiro atoms. The van der Waals surface area contributed by atoms with Crippen LogP contribution >= 0.6 is 11.8 Å². The highest BCUT2D eigenvalue weighted by molar-refractivity contribution is 7.99. The van der Waals surface area contributed by atoms with Crippen molar-refractivity contribution in [2.24, 2.45) is 0 Å². The molecule has 2 rings (SSSR count). The van der Waals surface area contributed by atoms with Crippen molar-refractivity contribution in [2.75, 3.05) is 19.4 Å². The number of ether oxygens (including phenoxy) is 1. The van der Waals surface area contributed by atoms with Crippen molar-refractivity contribution < 1.29 is 9.13 Å². The van der Waals surface area contributed by atoms with Crippen LogP contribution in [0.4, 0.5) is 4.39 Å². The molecule has 0 aromatic heterocycles. The van der Waals surface area contributed by atoms with Gasteiger partial charge >= 0.3 is 0 Å². The Labute approximate surface area is 112 Å². The lowest BCUT2D eigenvalue weighted by molar-refractivity contribution is 0.221. The Morgan fingerprint density at radius 1 is 1.50 bits per heavy atom. The van der Waals surface area contributed by atoms with Crippen molar-refractivity contribution in [3.63, 3.8) is 0 Å². The Hall–Kier alpha value is -1.00. The summed E-state index contributed by atoms with van der Waals surface area (Å²) >= 11 is 1.66. The molecule has 1 N–H and O–H groups in total. The number of nitrogens with one attached hydrogen (secondary N) is 1. The van der Waals surface area contributed by atoms with E-state index in [2.05, 4.69) is 5.32 Å². The van der Waals surface area contributed by atoms with Crippen molar-refractivity contribution in [2.45, 2.75) is 23.8 Å². The fraction of sp³-hybridized carbons (Fsp3) is 0.429. The Balaban J connectivity index is 1.92. The molecule has 0 saturated carbocycles. The van der Waals surface area contributed by atoms with Crippen LogP contribution < -0.4 is 5.32 Å². The average Bonchev–Trinajstić information content (AvgIpc) is 2.41. The van der Waals surface area contributed by atoms with Crippen LogP contribution in [0.1, 0.15) is 12.8 Å². The number of hydrogen-bond donors (Lipinski definition) is 1. The van der Waals surface area contributed by atoms with E-state index in [1.807, 2.05) is 19.4 Å². The Morgan fingerprint density at radius 3 is 3.06 bits per heavy atom. The van der Waals surface area contributed by atoms with Gasteiger partial charge < -0.3 is 10.1 Å². The summed E-state index contributed by atoms with van der Waals surface area (Å²) in [4.78, 5) is 0.965. The number of hydrogen-bond acceptors (Lipinski definition) is 3. The molecule has 1 aliphatic heterocycles. The number of benzene rings is 1. The summed E-state index contributed by atoms with van der Waals surface area (Å²) in [6, 6.07) is 7.01. The number of rotatable bonds is 5. The van der Waals surface area contributed by atoms with E-state index < -0.39 is 0 Å². The number of likely N-dealkylation sites (N-methyl/N-ethyl adjacent to an activating group) is 1. The molecule has 1 aliphatic rings. The van der Waals surface area contributed by atoms with Gasteiger partial charge in [0.2, 0.25) is 0 Å². The molecule has 0 amide bonds. The van der Waals surface area contributed by atoms with Crippen LogP contribution in [0.5, 0.6) is 0 Å². The maximum atomic E-state index is 13.1. The lowest BCUT2D eigenvalue weighted by Gasteiger charge is -2.22. The molecule has 18 heavy (non-hydrogen) atoms. The lowest BCUT2D eigenvalue weighted by atomic mass is 10.0. The summed E-state index contributed by atoms with van der Waals surface area (Å²) in [5, 5.41) is 3.29. The van der Waals surface area contributed by atoms with Crippen molar-refractivity contribution in [1.29, 1.82) is 0 Å². The standard InChI is InChI=1S/C14H18FNOS/c1-16-14(11-4-3-7-17-9-11)10-18-13-6-2-5-12(15)8-13/h2,5-6,8-9,14,16H,3-4,7,10H2,1H3. The topological polar surface area (TPSA) is 21.3 Å². The molecular weight excluding hydrogens is 249 g/mol. The molecule has 2 nitrogen and oxygen atoms in total. The first kappa shape index (κ1) is 13.4. The van der Waals surface area contributed by atoms with Crippen LogP contribution in [-0.2, 0) is 4.74 Å². The lowest BCUT2D eigenvalue weighted by Crippen LogP contribution is -2.31. The van der Waals surface area contributed by atoms with Gasteiger partial charge in [0.05, 0.1) is 12.9 Å². The summed E-state index contributed by atoms with van der Waals surface area (Å²) in [6.07, 6.45) is 4.03. The first-order valence-corrected chi connectivity index (χ1v) is 7.14. The van der Waals surface area contributed by atoms with Gasteiger partial charge in [-0.25, -0.2) is 4.39 Å². The van der Waals surface area contributed by atoms with Crippen molar-refractivity contribution in [3.8, 4) is 0 Å². The van der Waals surface area contributed by atoms with E-state index >= 15 is 0 Å². The van der Waals surface area contributed by atoms with Gasteiger partial charge in [0, 0.05) is 16.7 Å². The first-order valence-electron chi connectivity index (χ1n) is 6.16. The molecule has 1 unspecified atom stereocenters. The normalized spacial score (nSPS) is 16.9. The third-order valence-corrected chi connectivity index (χ3v) is 4.06. The van der Waals surface area contributed by atoms with Crippen LogP contribution in [0, 0.1) is 5.82 Å². The molecule has 0 bridgehead atoms. The maximum Gasteiger partial charge on any atom is 0.124 e. The third kappa shape index (κ3) is 3.75. The zero-order valence-corrected chi connectivity index (χ0v) is 11.3. The quantitative estimate of drug-likeness (QED) is 0.828. The monoisotopic (exact) mass is 267 g/mol. The number of halogens is 1. The van der Waals surface area contributed by atoms with Crippen LogP contribution in [-0.4, -0.2) is 25.4 Å². The van der Waals surface area contributed by atoms with Crippen molar-refractivity contribution in [3.05, 3.63) is 41.9 Å². The minimum atomic E-state index is -0.179. The van der Waals surface area contributed by atoms with Crippen LogP contribution in [0.25, 0.3) is 0 Å². The van der Waals surface area contributed by atoms with Gasteiger partial charge in [-0.05, 0) is 43.7 Å². The van der Waals surface area contributed by atoms with Crippen LogP contribution in [0.15, 0.2) is 41.0 Å². The third-order valence-electron chi connectivity index (χ3n) is 2.97. The van der Waals surface area contributed by atoms with Gasteiger partial charge in [-0.2, -0.15) is 0 Å². The average molecular weight is 267 g/mol. The van der Waals surface area contributed by atoms with Gasteiger partial charge in [-0.15, -0.1) is 11.8 Å². The van der Waals surface area contributed by atoms with Gasteiger partial charge in [0.15, 0.2) is 0 Å². The predicted molar refractivity (Wildman–Crippen MR) is 73.2 cm³/mol. The molecule has 4 heteroatoms. The molecule has 1 aromatic carbocycles. The fourth-order valence-corrected chi connectivity index (χ4v) is 3.06. The molecule has 0 saturated heterocycles. The van der Waals surface area contributed by atoms with E-state index in [1.54, 1.807) is 23.9 Å². The summed E-state index contributed by atoms with van der Waals surface area (Å²) < 4.78 is 18.4. The molecule has 0 aliphatic carbocycles. The van der Waals surface area contributed by atoms with E-state index in [-0.39, 0.29) is 5.82 Å². The SMILES string of the molecule is CNC(CSc1cccc(F)c1)C1=COCCC1.